The minimum Gasteiger partial charge on any atom is -0.242 e. The Labute approximate surface area is 132 Å². The van der Waals surface area contributed by atoms with Crippen molar-refractivity contribution < 1.29 is 8.42 Å². The number of nitrogens with zero attached hydrogens (tertiary/aromatic N) is 1. The first-order valence-electron chi connectivity index (χ1n) is 6.47. The summed E-state index contributed by atoms with van der Waals surface area (Å²) in [6.45, 7) is 0.386. The Bertz CT molecular complexity index is 617. The first-order chi connectivity index (χ1) is 9.49. The van der Waals surface area contributed by atoms with Crippen LogP contribution in [0.2, 0.25) is 5.15 Å². The minimum atomic E-state index is -3.62. The Morgan fingerprint density at radius 1 is 1.40 bits per heavy atom. The Kier molecular flexibility index (Phi) is 5.60. The third kappa shape index (κ3) is 4.28. The van der Waals surface area contributed by atoms with E-state index in [1.54, 1.807) is 0 Å². The fourth-order valence-corrected chi connectivity index (χ4v) is 4.12. The average Bonchev–Trinajstić information content (AvgIpc) is 2.42. The maximum atomic E-state index is 12.2. The largest absolute Gasteiger partial charge is 0.243 e. The van der Waals surface area contributed by atoms with Gasteiger partial charge in [-0.1, -0.05) is 23.3 Å². The number of pyridine rings is 1. The van der Waals surface area contributed by atoms with Crippen molar-refractivity contribution in [3.63, 3.8) is 0 Å². The molecular formula is C13H16BrClN2O2S. The molecule has 0 atom stereocenters. The molecule has 0 radical (unpaired) electrons. The molecule has 0 spiro atoms. The number of allylic oxidation sites excluding steroid dienone is 1. The van der Waals surface area contributed by atoms with E-state index < -0.39 is 10.0 Å². The molecular weight excluding hydrogens is 364 g/mol. The molecule has 1 aromatic heterocycles. The van der Waals surface area contributed by atoms with Crippen LogP contribution in [0.4, 0.5) is 0 Å². The van der Waals surface area contributed by atoms with Gasteiger partial charge in [-0.25, -0.2) is 18.1 Å². The van der Waals surface area contributed by atoms with Crippen LogP contribution in [0.15, 0.2) is 33.3 Å². The van der Waals surface area contributed by atoms with E-state index in [0.29, 0.717) is 11.0 Å². The molecule has 20 heavy (non-hydrogen) atoms. The fourth-order valence-electron chi connectivity index (χ4n) is 2.15. The Morgan fingerprint density at radius 3 is 2.90 bits per heavy atom. The first-order valence-corrected chi connectivity index (χ1v) is 9.13. The van der Waals surface area contributed by atoms with Crippen LogP contribution in [0.3, 0.4) is 0 Å². The van der Waals surface area contributed by atoms with Gasteiger partial charge in [-0.3, -0.25) is 0 Å². The summed E-state index contributed by atoms with van der Waals surface area (Å²) < 4.78 is 27.5. The quantitative estimate of drug-likeness (QED) is 0.627. The number of rotatable bonds is 5. The van der Waals surface area contributed by atoms with Gasteiger partial charge in [-0.2, -0.15) is 0 Å². The van der Waals surface area contributed by atoms with E-state index >= 15 is 0 Å². The van der Waals surface area contributed by atoms with Crippen LogP contribution in [0.1, 0.15) is 32.1 Å². The number of hydrogen-bond acceptors (Lipinski definition) is 3. The summed E-state index contributed by atoms with van der Waals surface area (Å²) in [5.74, 6) is 0. The lowest BCUT2D eigenvalue weighted by Crippen LogP contribution is -2.25. The second-order valence-electron chi connectivity index (χ2n) is 4.70. The highest BCUT2D eigenvalue weighted by Gasteiger charge is 2.19. The molecule has 0 saturated carbocycles. The molecule has 110 valence electrons. The van der Waals surface area contributed by atoms with Gasteiger partial charge in [0.05, 0.1) is 0 Å². The second-order valence-corrected chi connectivity index (χ2v) is 7.71. The number of nitrogens with one attached hydrogen (secondary N) is 1. The fraction of sp³-hybridized carbons (Fsp3) is 0.462. The van der Waals surface area contributed by atoms with Crippen LogP contribution in [0, 0.1) is 0 Å². The number of aromatic nitrogens is 1. The third-order valence-corrected chi connectivity index (χ3v) is 5.51. The number of halogens is 2. The van der Waals surface area contributed by atoms with Gasteiger partial charge in [0.1, 0.15) is 10.0 Å². The highest BCUT2D eigenvalue weighted by atomic mass is 79.9. The van der Waals surface area contributed by atoms with Crippen LogP contribution < -0.4 is 4.72 Å². The molecule has 1 N–H and O–H groups in total. The summed E-state index contributed by atoms with van der Waals surface area (Å²) in [7, 11) is -3.62. The number of hydrogen-bond donors (Lipinski definition) is 1. The molecule has 0 aliphatic heterocycles. The molecule has 1 aromatic rings. The van der Waals surface area contributed by atoms with Gasteiger partial charge in [0.2, 0.25) is 10.0 Å². The smallest absolute Gasteiger partial charge is 0.242 e. The molecule has 1 aliphatic rings. The van der Waals surface area contributed by atoms with Crippen molar-refractivity contribution in [1.29, 1.82) is 0 Å². The van der Waals surface area contributed by atoms with Gasteiger partial charge in [0.15, 0.2) is 0 Å². The molecule has 0 saturated heterocycles. The van der Waals surface area contributed by atoms with Gasteiger partial charge in [-0.05, 0) is 54.1 Å². The summed E-state index contributed by atoms with van der Waals surface area (Å²) in [5, 5.41) is -0.0161. The van der Waals surface area contributed by atoms with Crippen LogP contribution in [0.5, 0.6) is 0 Å². The van der Waals surface area contributed by atoms with Gasteiger partial charge >= 0.3 is 0 Å². The SMILES string of the molecule is O=S(=O)(NCCC1=CCCCC1)c1cc(Br)cnc1Cl. The van der Waals surface area contributed by atoms with Crippen molar-refractivity contribution in [2.45, 2.75) is 37.0 Å². The van der Waals surface area contributed by atoms with E-state index in [4.69, 9.17) is 11.6 Å². The lowest BCUT2D eigenvalue weighted by atomic mass is 9.97. The van der Waals surface area contributed by atoms with Crippen molar-refractivity contribution in [2.24, 2.45) is 0 Å². The molecule has 0 amide bonds. The summed E-state index contributed by atoms with van der Waals surface area (Å²) in [4.78, 5) is 3.84. The Hall–Kier alpha value is -0.430. The molecule has 0 unspecified atom stereocenters. The van der Waals surface area contributed by atoms with Crippen molar-refractivity contribution in [3.05, 3.63) is 33.5 Å². The van der Waals surface area contributed by atoms with E-state index in [0.717, 1.165) is 19.3 Å². The van der Waals surface area contributed by atoms with Gasteiger partial charge < -0.3 is 0 Å². The zero-order valence-corrected chi connectivity index (χ0v) is 14.1. The molecule has 1 heterocycles. The maximum absolute atomic E-state index is 12.2. The average molecular weight is 380 g/mol. The standard InChI is InChI=1S/C13H16BrClN2O2S/c14-11-8-12(13(15)16-9-11)20(18,19)17-7-6-10-4-2-1-3-5-10/h4,8-9,17H,1-3,5-7H2. The van der Waals surface area contributed by atoms with Gasteiger partial charge in [-0.15, -0.1) is 0 Å². The van der Waals surface area contributed by atoms with E-state index in [-0.39, 0.29) is 10.0 Å². The molecule has 1 aliphatic carbocycles. The monoisotopic (exact) mass is 378 g/mol. The predicted octanol–water partition coefficient (Wildman–Crippen LogP) is 3.67. The normalized spacial score (nSPS) is 16.0. The van der Waals surface area contributed by atoms with Crippen LogP contribution in [0.25, 0.3) is 0 Å². The zero-order chi connectivity index (χ0) is 14.6. The molecule has 0 bridgehead atoms. The van der Waals surface area contributed by atoms with E-state index in [1.165, 1.54) is 30.7 Å². The topological polar surface area (TPSA) is 59.1 Å². The molecule has 0 fully saturated rings. The lowest BCUT2D eigenvalue weighted by molar-refractivity contribution is 0.579. The Balaban J connectivity index is 2.00. The maximum Gasteiger partial charge on any atom is 0.243 e. The number of sulfonamides is 1. The highest BCUT2D eigenvalue weighted by molar-refractivity contribution is 9.10. The third-order valence-electron chi connectivity index (χ3n) is 3.19. The molecule has 0 aromatic carbocycles. The summed E-state index contributed by atoms with van der Waals surface area (Å²) >= 11 is 9.04. The predicted molar refractivity (Wildman–Crippen MR) is 83.3 cm³/mol. The van der Waals surface area contributed by atoms with E-state index in [9.17, 15) is 8.42 Å². The van der Waals surface area contributed by atoms with Crippen LogP contribution in [-0.4, -0.2) is 19.9 Å². The van der Waals surface area contributed by atoms with Crippen LogP contribution in [-0.2, 0) is 10.0 Å². The van der Waals surface area contributed by atoms with Crippen molar-refractivity contribution in [1.82, 2.24) is 9.71 Å². The Morgan fingerprint density at radius 2 is 2.20 bits per heavy atom. The minimum absolute atomic E-state index is 0.00571. The summed E-state index contributed by atoms with van der Waals surface area (Å²) in [5.41, 5.74) is 1.33. The van der Waals surface area contributed by atoms with E-state index in [1.807, 2.05) is 0 Å². The molecule has 4 nitrogen and oxygen atoms in total. The van der Waals surface area contributed by atoms with E-state index in [2.05, 4.69) is 31.7 Å². The summed E-state index contributed by atoms with van der Waals surface area (Å²) in [6, 6.07) is 1.46. The van der Waals surface area contributed by atoms with Crippen LogP contribution >= 0.6 is 27.5 Å². The highest BCUT2D eigenvalue weighted by Crippen LogP contribution is 2.23. The zero-order valence-electron chi connectivity index (χ0n) is 10.9. The molecule has 2 rings (SSSR count). The van der Waals surface area contributed by atoms with Crippen molar-refractivity contribution in [2.75, 3.05) is 6.54 Å². The van der Waals surface area contributed by atoms with Gasteiger partial charge in [0, 0.05) is 17.2 Å². The molecule has 7 heteroatoms. The lowest BCUT2D eigenvalue weighted by Gasteiger charge is -2.13. The van der Waals surface area contributed by atoms with Crippen molar-refractivity contribution in [3.8, 4) is 0 Å². The van der Waals surface area contributed by atoms with Crippen molar-refractivity contribution >= 4 is 37.6 Å². The van der Waals surface area contributed by atoms with Gasteiger partial charge in [0.25, 0.3) is 0 Å². The first kappa shape index (κ1) is 15.9. The second kappa shape index (κ2) is 7.02. The summed E-state index contributed by atoms with van der Waals surface area (Å²) in [6.07, 6.45) is 9.02.